The van der Waals surface area contributed by atoms with Gasteiger partial charge in [0.2, 0.25) is 0 Å². The number of rotatable bonds is 3. The van der Waals surface area contributed by atoms with Gasteiger partial charge in [-0.2, -0.15) is 5.10 Å². The molecule has 0 fully saturated rings. The van der Waals surface area contributed by atoms with Crippen LogP contribution in [0.5, 0.6) is 0 Å². The summed E-state index contributed by atoms with van der Waals surface area (Å²) >= 11 is 3.44. The van der Waals surface area contributed by atoms with Crippen molar-refractivity contribution >= 4 is 32.8 Å². The number of nitrogens with zero attached hydrogens (tertiary/aromatic N) is 4. The van der Waals surface area contributed by atoms with Gasteiger partial charge >= 0.3 is 0 Å². The van der Waals surface area contributed by atoms with Crippen molar-refractivity contribution in [1.82, 2.24) is 19.7 Å². The highest BCUT2D eigenvalue weighted by molar-refractivity contribution is 9.10. The lowest BCUT2D eigenvalue weighted by Crippen LogP contribution is -2.04. The van der Waals surface area contributed by atoms with E-state index >= 15 is 0 Å². The Balaban J connectivity index is 2.04. The van der Waals surface area contributed by atoms with Crippen molar-refractivity contribution < 1.29 is 0 Å². The number of hydrogen-bond acceptors (Lipinski definition) is 4. The Bertz CT molecular complexity index is 748. The monoisotopic (exact) mass is 331 g/mol. The van der Waals surface area contributed by atoms with E-state index in [2.05, 4.69) is 48.4 Å². The van der Waals surface area contributed by atoms with Gasteiger partial charge in [-0.3, -0.25) is 0 Å². The van der Waals surface area contributed by atoms with Crippen LogP contribution in [-0.2, 0) is 6.54 Å². The van der Waals surface area contributed by atoms with Crippen molar-refractivity contribution in [3.05, 3.63) is 46.3 Å². The highest BCUT2D eigenvalue weighted by atomic mass is 79.9. The van der Waals surface area contributed by atoms with E-state index in [1.54, 1.807) is 6.20 Å². The maximum absolute atomic E-state index is 4.50. The summed E-state index contributed by atoms with van der Waals surface area (Å²) in [5, 5.41) is 8.45. The highest BCUT2D eigenvalue weighted by Crippen LogP contribution is 2.20. The number of nitrogens with one attached hydrogen (secondary N) is 1. The number of fused-ring (bicyclic) bond motifs is 1. The molecule has 0 saturated carbocycles. The Labute approximate surface area is 125 Å². The third kappa shape index (κ3) is 2.38. The minimum absolute atomic E-state index is 0.691. The van der Waals surface area contributed by atoms with Gasteiger partial charge in [-0.05, 0) is 24.6 Å². The average molecular weight is 332 g/mol. The number of hydrogen-bond donors (Lipinski definition) is 1. The molecule has 3 aromatic rings. The molecule has 2 aromatic heterocycles. The zero-order valence-electron chi connectivity index (χ0n) is 11.3. The summed E-state index contributed by atoms with van der Waals surface area (Å²) in [5.41, 5.74) is 2.03. The SMILES string of the molecule is CNc1nc(C)nc2c1cnn2Cc1ccc(Br)cc1. The average Bonchev–Trinajstić information content (AvgIpc) is 2.83. The summed E-state index contributed by atoms with van der Waals surface area (Å²) in [6.45, 7) is 2.58. The van der Waals surface area contributed by atoms with Crippen molar-refractivity contribution in [3.8, 4) is 0 Å². The molecule has 0 aliphatic rings. The van der Waals surface area contributed by atoms with E-state index in [0.29, 0.717) is 6.54 Å². The molecule has 20 heavy (non-hydrogen) atoms. The van der Waals surface area contributed by atoms with E-state index in [1.807, 2.05) is 30.8 Å². The van der Waals surface area contributed by atoms with E-state index in [0.717, 1.165) is 27.1 Å². The van der Waals surface area contributed by atoms with E-state index in [-0.39, 0.29) is 0 Å². The lowest BCUT2D eigenvalue weighted by Gasteiger charge is -2.06. The maximum atomic E-state index is 4.50. The first-order chi connectivity index (χ1) is 9.67. The zero-order valence-corrected chi connectivity index (χ0v) is 12.8. The predicted molar refractivity (Wildman–Crippen MR) is 82.9 cm³/mol. The Hall–Kier alpha value is -1.95. The Kier molecular flexibility index (Phi) is 3.40. The van der Waals surface area contributed by atoms with Crippen molar-refractivity contribution in [2.75, 3.05) is 12.4 Å². The molecule has 102 valence electrons. The zero-order chi connectivity index (χ0) is 14.1. The molecule has 2 heterocycles. The normalized spacial score (nSPS) is 10.9. The van der Waals surface area contributed by atoms with Gasteiger partial charge in [-0.15, -0.1) is 0 Å². The van der Waals surface area contributed by atoms with Crippen molar-refractivity contribution in [1.29, 1.82) is 0 Å². The van der Waals surface area contributed by atoms with Crippen molar-refractivity contribution in [2.45, 2.75) is 13.5 Å². The third-order valence-corrected chi connectivity index (χ3v) is 3.62. The number of benzene rings is 1. The van der Waals surface area contributed by atoms with Crippen LogP contribution in [0.4, 0.5) is 5.82 Å². The van der Waals surface area contributed by atoms with E-state index in [4.69, 9.17) is 0 Å². The van der Waals surface area contributed by atoms with E-state index in [1.165, 1.54) is 5.56 Å². The van der Waals surface area contributed by atoms with Gasteiger partial charge < -0.3 is 5.32 Å². The van der Waals surface area contributed by atoms with Crippen LogP contribution in [0, 0.1) is 6.92 Å². The topological polar surface area (TPSA) is 55.6 Å². The van der Waals surface area contributed by atoms with Gasteiger partial charge in [0.05, 0.1) is 18.1 Å². The quantitative estimate of drug-likeness (QED) is 0.801. The molecule has 5 nitrogen and oxygen atoms in total. The summed E-state index contributed by atoms with van der Waals surface area (Å²) in [6.07, 6.45) is 1.81. The first kappa shape index (κ1) is 13.1. The fraction of sp³-hybridized carbons (Fsp3) is 0.214. The molecule has 1 N–H and O–H groups in total. The molecule has 6 heteroatoms. The lowest BCUT2D eigenvalue weighted by molar-refractivity contribution is 0.702. The molecular formula is C14H14BrN5. The van der Waals surface area contributed by atoms with Crippen LogP contribution in [0.15, 0.2) is 34.9 Å². The number of aromatic nitrogens is 4. The first-order valence-electron chi connectivity index (χ1n) is 6.30. The molecule has 1 aromatic carbocycles. The van der Waals surface area contributed by atoms with Crippen molar-refractivity contribution in [2.24, 2.45) is 0 Å². The number of anilines is 1. The molecule has 0 aliphatic carbocycles. The second kappa shape index (κ2) is 5.20. The van der Waals surface area contributed by atoms with Crippen LogP contribution in [-0.4, -0.2) is 26.8 Å². The Morgan fingerprint density at radius 1 is 1.20 bits per heavy atom. The lowest BCUT2D eigenvalue weighted by atomic mass is 10.2. The van der Waals surface area contributed by atoms with E-state index < -0.39 is 0 Å². The Morgan fingerprint density at radius 2 is 1.95 bits per heavy atom. The maximum Gasteiger partial charge on any atom is 0.163 e. The summed E-state index contributed by atoms with van der Waals surface area (Å²) in [5.74, 6) is 1.55. The highest BCUT2D eigenvalue weighted by Gasteiger charge is 2.10. The molecule has 0 radical (unpaired) electrons. The molecule has 0 saturated heterocycles. The molecule has 0 atom stereocenters. The van der Waals surface area contributed by atoms with Crippen LogP contribution >= 0.6 is 15.9 Å². The van der Waals surface area contributed by atoms with Gasteiger partial charge in [-0.1, -0.05) is 28.1 Å². The molecule has 0 unspecified atom stereocenters. The van der Waals surface area contributed by atoms with Crippen LogP contribution in [0.1, 0.15) is 11.4 Å². The Morgan fingerprint density at radius 3 is 2.65 bits per heavy atom. The summed E-state index contributed by atoms with van der Waals surface area (Å²) in [6, 6.07) is 8.20. The van der Waals surface area contributed by atoms with Gasteiger partial charge in [0.15, 0.2) is 5.65 Å². The van der Waals surface area contributed by atoms with Gasteiger partial charge in [-0.25, -0.2) is 14.6 Å². The van der Waals surface area contributed by atoms with Crippen LogP contribution < -0.4 is 5.32 Å². The van der Waals surface area contributed by atoms with Crippen LogP contribution in [0.25, 0.3) is 11.0 Å². The van der Waals surface area contributed by atoms with Gasteiger partial charge in [0.1, 0.15) is 11.6 Å². The molecule has 0 bridgehead atoms. The second-order valence-corrected chi connectivity index (χ2v) is 5.45. The number of halogens is 1. The van der Waals surface area contributed by atoms with E-state index in [9.17, 15) is 0 Å². The van der Waals surface area contributed by atoms with Crippen LogP contribution in [0.2, 0.25) is 0 Å². The summed E-state index contributed by atoms with van der Waals surface area (Å²) in [7, 11) is 1.85. The fourth-order valence-corrected chi connectivity index (χ4v) is 2.40. The smallest absolute Gasteiger partial charge is 0.163 e. The summed E-state index contributed by atoms with van der Waals surface area (Å²) in [4.78, 5) is 8.87. The molecule has 3 rings (SSSR count). The minimum atomic E-state index is 0.691. The van der Waals surface area contributed by atoms with Crippen molar-refractivity contribution in [3.63, 3.8) is 0 Å². The minimum Gasteiger partial charge on any atom is -0.372 e. The first-order valence-corrected chi connectivity index (χ1v) is 7.09. The standard InChI is InChI=1S/C14H14BrN5/c1-9-18-13(16-2)12-7-17-20(14(12)19-9)8-10-3-5-11(15)6-4-10/h3-7H,8H2,1-2H3,(H,16,18,19). The van der Waals surface area contributed by atoms with Gasteiger partial charge in [0.25, 0.3) is 0 Å². The number of aryl methyl sites for hydroxylation is 1. The molecule has 0 spiro atoms. The second-order valence-electron chi connectivity index (χ2n) is 4.54. The molecule has 0 amide bonds. The largest absolute Gasteiger partial charge is 0.372 e. The molecule has 0 aliphatic heterocycles. The summed E-state index contributed by atoms with van der Waals surface area (Å²) < 4.78 is 2.97. The van der Waals surface area contributed by atoms with Crippen LogP contribution in [0.3, 0.4) is 0 Å². The molecular weight excluding hydrogens is 318 g/mol. The fourth-order valence-electron chi connectivity index (χ4n) is 2.13. The third-order valence-electron chi connectivity index (χ3n) is 3.09. The predicted octanol–water partition coefficient (Wildman–Crippen LogP) is 2.99. The van der Waals surface area contributed by atoms with Gasteiger partial charge in [0, 0.05) is 11.5 Å².